The molecular weight excluding hydrogens is 401 g/mol. The second-order valence-corrected chi connectivity index (χ2v) is 7.74. The average molecular weight is 417 g/mol. The molecule has 0 N–H and O–H groups in total. The Bertz CT molecular complexity index is 1320. The van der Waals surface area contributed by atoms with Crippen molar-refractivity contribution < 1.29 is 8.81 Å². The number of benzene rings is 2. The van der Waals surface area contributed by atoms with Crippen LogP contribution >= 0.6 is 11.8 Å². The number of aryl methyl sites for hydroxylation is 1. The molecule has 0 bridgehead atoms. The first kappa shape index (κ1) is 18.5. The van der Waals surface area contributed by atoms with E-state index in [1.807, 2.05) is 47.9 Å². The van der Waals surface area contributed by atoms with Crippen molar-refractivity contribution in [3.05, 3.63) is 84.3 Å². The maximum atomic E-state index is 13.8. The molecule has 5 rings (SSSR count). The van der Waals surface area contributed by atoms with Gasteiger partial charge in [-0.1, -0.05) is 29.8 Å². The normalized spacial score (nSPS) is 11.3. The third-order valence-electron chi connectivity index (χ3n) is 4.67. The molecule has 0 aliphatic carbocycles. The summed E-state index contributed by atoms with van der Waals surface area (Å²) in [5.41, 5.74) is 2.79. The van der Waals surface area contributed by atoms with Crippen molar-refractivity contribution in [1.82, 2.24) is 24.7 Å². The molecule has 0 atom stereocenters. The zero-order chi connectivity index (χ0) is 20.5. The van der Waals surface area contributed by atoms with Gasteiger partial charge in [-0.2, -0.15) is 0 Å². The number of rotatable bonds is 5. The van der Waals surface area contributed by atoms with E-state index in [1.165, 1.54) is 35.8 Å². The van der Waals surface area contributed by atoms with Crippen LogP contribution in [0.15, 0.2) is 81.8 Å². The summed E-state index contributed by atoms with van der Waals surface area (Å²) >= 11 is 1.32. The van der Waals surface area contributed by atoms with E-state index in [1.54, 1.807) is 12.3 Å². The Hall–Kier alpha value is -3.52. The number of halogens is 1. The van der Waals surface area contributed by atoms with E-state index in [0.717, 1.165) is 17.1 Å². The maximum Gasteiger partial charge on any atom is 0.198 e. The van der Waals surface area contributed by atoms with Crippen molar-refractivity contribution in [1.29, 1.82) is 0 Å². The molecule has 8 heteroatoms. The molecule has 0 amide bonds. The van der Waals surface area contributed by atoms with Crippen molar-refractivity contribution >= 4 is 22.7 Å². The fourth-order valence-electron chi connectivity index (χ4n) is 3.15. The van der Waals surface area contributed by atoms with Crippen LogP contribution in [-0.4, -0.2) is 24.7 Å². The zero-order valence-electron chi connectivity index (χ0n) is 16.0. The van der Waals surface area contributed by atoms with Gasteiger partial charge in [0.2, 0.25) is 0 Å². The van der Waals surface area contributed by atoms with Crippen molar-refractivity contribution in [2.45, 2.75) is 23.7 Å². The van der Waals surface area contributed by atoms with Crippen molar-refractivity contribution in [3.63, 3.8) is 0 Å². The van der Waals surface area contributed by atoms with E-state index >= 15 is 0 Å². The Labute approximate surface area is 175 Å². The molecular formula is C22H16FN5OS. The summed E-state index contributed by atoms with van der Waals surface area (Å²) in [6.07, 6.45) is 3.11. The van der Waals surface area contributed by atoms with Crippen LogP contribution < -0.4 is 0 Å². The summed E-state index contributed by atoms with van der Waals surface area (Å²) in [6.45, 7) is 2.50. The van der Waals surface area contributed by atoms with E-state index in [2.05, 4.69) is 20.2 Å². The molecule has 2 aromatic carbocycles. The lowest BCUT2D eigenvalue weighted by atomic mass is 10.1. The molecule has 3 heterocycles. The molecule has 0 spiro atoms. The Balaban J connectivity index is 1.60. The summed E-state index contributed by atoms with van der Waals surface area (Å²) in [4.78, 5) is 8.58. The zero-order valence-corrected chi connectivity index (χ0v) is 16.8. The fraction of sp³-hybridized carbons (Fsp3) is 0.0909. The van der Waals surface area contributed by atoms with Crippen LogP contribution in [0.4, 0.5) is 4.39 Å². The molecule has 0 unspecified atom stereocenters. The highest BCUT2D eigenvalue weighted by Crippen LogP contribution is 2.33. The minimum atomic E-state index is -0.337. The lowest BCUT2D eigenvalue weighted by Crippen LogP contribution is -2.03. The lowest BCUT2D eigenvalue weighted by molar-refractivity contribution is 0.485. The van der Waals surface area contributed by atoms with Crippen LogP contribution in [0.2, 0.25) is 0 Å². The monoisotopic (exact) mass is 417 g/mol. The van der Waals surface area contributed by atoms with Crippen molar-refractivity contribution in [3.8, 4) is 11.4 Å². The van der Waals surface area contributed by atoms with E-state index in [9.17, 15) is 4.39 Å². The summed E-state index contributed by atoms with van der Waals surface area (Å²) in [5, 5.41) is 10.7. The molecule has 5 aromatic rings. The van der Waals surface area contributed by atoms with Crippen LogP contribution in [0.1, 0.15) is 11.3 Å². The fourth-order valence-corrected chi connectivity index (χ4v) is 4.04. The first-order valence-electron chi connectivity index (χ1n) is 9.28. The number of nitrogens with zero attached hydrogens (tertiary/aromatic N) is 5. The van der Waals surface area contributed by atoms with E-state index < -0.39 is 0 Å². The highest BCUT2D eigenvalue weighted by Gasteiger charge is 2.18. The largest absolute Gasteiger partial charge is 0.467 e. The van der Waals surface area contributed by atoms with Crippen molar-refractivity contribution in [2.75, 3.05) is 0 Å². The average Bonchev–Trinajstić information content (AvgIpc) is 3.40. The third kappa shape index (κ3) is 3.57. The minimum absolute atomic E-state index is 0.337. The Morgan fingerprint density at radius 3 is 2.70 bits per heavy atom. The Morgan fingerprint density at radius 2 is 1.90 bits per heavy atom. The van der Waals surface area contributed by atoms with E-state index in [0.29, 0.717) is 27.6 Å². The van der Waals surface area contributed by atoms with Gasteiger partial charge in [-0.15, -0.1) is 10.2 Å². The molecule has 148 valence electrons. The maximum absolute atomic E-state index is 13.8. The third-order valence-corrected chi connectivity index (χ3v) is 5.67. The molecule has 0 saturated carbocycles. The predicted molar refractivity (Wildman–Crippen MR) is 112 cm³/mol. The molecule has 0 fully saturated rings. The summed E-state index contributed by atoms with van der Waals surface area (Å²) in [6, 6.07) is 16.3. The quantitative estimate of drug-likeness (QED) is 0.369. The topological polar surface area (TPSA) is 69.6 Å². The second kappa shape index (κ2) is 7.72. The van der Waals surface area contributed by atoms with Gasteiger partial charge in [0.15, 0.2) is 11.0 Å². The van der Waals surface area contributed by atoms with Crippen molar-refractivity contribution in [2.24, 2.45) is 0 Å². The molecule has 6 nitrogen and oxygen atoms in total. The predicted octanol–water partition coefficient (Wildman–Crippen LogP) is 5.13. The van der Waals surface area contributed by atoms with Gasteiger partial charge in [-0.05, 0) is 49.0 Å². The highest BCUT2D eigenvalue weighted by atomic mass is 32.2. The Kier molecular flexibility index (Phi) is 4.76. The van der Waals surface area contributed by atoms with Crippen LogP contribution in [0.25, 0.3) is 22.3 Å². The molecule has 0 aliphatic rings. The van der Waals surface area contributed by atoms with Gasteiger partial charge >= 0.3 is 0 Å². The van der Waals surface area contributed by atoms with Crippen LogP contribution in [0.5, 0.6) is 0 Å². The highest BCUT2D eigenvalue weighted by molar-refractivity contribution is 7.99. The SMILES string of the molecule is Cc1ccc(-c2nnc(Sc3ncnc4ccc(F)cc34)n2Cc2ccco2)cc1. The standard InChI is InChI=1S/C22H16FN5OS/c1-14-4-6-15(7-5-14)20-26-27-22(28(20)12-17-3-2-10-29-17)30-21-18-11-16(23)8-9-19(18)24-13-25-21/h2-11,13H,12H2,1H3. The second-order valence-electron chi connectivity index (χ2n) is 6.78. The van der Waals surface area contributed by atoms with Gasteiger partial charge in [0.25, 0.3) is 0 Å². The number of furan rings is 1. The molecule has 0 aliphatic heterocycles. The number of hydrogen-bond acceptors (Lipinski definition) is 6. The molecule has 30 heavy (non-hydrogen) atoms. The van der Waals surface area contributed by atoms with E-state index in [4.69, 9.17) is 4.42 Å². The first-order chi connectivity index (χ1) is 14.7. The molecule has 3 aromatic heterocycles. The number of hydrogen-bond donors (Lipinski definition) is 0. The van der Waals surface area contributed by atoms with Gasteiger partial charge in [0.1, 0.15) is 22.9 Å². The van der Waals surface area contributed by atoms with Gasteiger partial charge in [-0.3, -0.25) is 4.57 Å². The number of aromatic nitrogens is 5. The van der Waals surface area contributed by atoms with E-state index in [-0.39, 0.29) is 5.82 Å². The summed E-state index contributed by atoms with van der Waals surface area (Å²) in [5.74, 6) is 1.17. The van der Waals surface area contributed by atoms with Gasteiger partial charge in [0.05, 0.1) is 18.3 Å². The molecule has 0 saturated heterocycles. The van der Waals surface area contributed by atoms with Gasteiger partial charge in [-0.25, -0.2) is 14.4 Å². The van der Waals surface area contributed by atoms with Gasteiger partial charge < -0.3 is 4.42 Å². The minimum Gasteiger partial charge on any atom is -0.467 e. The summed E-state index contributed by atoms with van der Waals surface area (Å²) < 4.78 is 21.4. The number of fused-ring (bicyclic) bond motifs is 1. The summed E-state index contributed by atoms with van der Waals surface area (Å²) in [7, 11) is 0. The first-order valence-corrected chi connectivity index (χ1v) is 10.1. The molecule has 0 radical (unpaired) electrons. The van der Waals surface area contributed by atoms with Gasteiger partial charge in [0, 0.05) is 10.9 Å². The Morgan fingerprint density at radius 1 is 1.03 bits per heavy atom. The smallest absolute Gasteiger partial charge is 0.198 e. The van der Waals surface area contributed by atoms with Crippen LogP contribution in [0, 0.1) is 12.7 Å². The van der Waals surface area contributed by atoms with Crippen LogP contribution in [-0.2, 0) is 6.54 Å². The lowest BCUT2D eigenvalue weighted by Gasteiger charge is -2.09. The van der Waals surface area contributed by atoms with Crippen LogP contribution in [0.3, 0.4) is 0 Å².